The molecule has 0 aromatic heterocycles. The number of nitrogens with one attached hydrogen (secondary N) is 1. The largest absolute Gasteiger partial charge is 0.482 e. The Morgan fingerprint density at radius 2 is 2.07 bits per heavy atom. The van der Waals surface area contributed by atoms with Crippen LogP contribution < -0.4 is 11.1 Å². The number of hydrogen-bond acceptors (Lipinski definition) is 4. The van der Waals surface area contributed by atoms with Crippen molar-refractivity contribution in [2.75, 3.05) is 6.61 Å². The third kappa shape index (κ3) is 4.23. The maximum atomic E-state index is 11.1. The van der Waals surface area contributed by atoms with Crippen molar-refractivity contribution >= 4 is 23.2 Å². The lowest BCUT2D eigenvalue weighted by Crippen LogP contribution is -2.29. The summed E-state index contributed by atoms with van der Waals surface area (Å²) in [5, 5.41) is 2.83. The minimum absolute atomic E-state index is 0.133. The second-order valence-corrected chi connectivity index (χ2v) is 3.05. The summed E-state index contributed by atoms with van der Waals surface area (Å²) in [6, 6.07) is 0. The molecular weight excluding hydrogens is 200 g/mol. The van der Waals surface area contributed by atoms with E-state index < -0.39 is 0 Å². The smallest absolute Gasteiger partial charge is 0.224 e. The summed E-state index contributed by atoms with van der Waals surface area (Å²) in [6.07, 6.45) is 0.380. The quantitative estimate of drug-likeness (QED) is 0.545. The van der Waals surface area contributed by atoms with Crippen LogP contribution in [0, 0.1) is 0 Å². The van der Waals surface area contributed by atoms with Crippen molar-refractivity contribution in [1.82, 2.24) is 5.32 Å². The van der Waals surface area contributed by atoms with Gasteiger partial charge in [0.1, 0.15) is 5.70 Å². The van der Waals surface area contributed by atoms with E-state index in [1.807, 2.05) is 6.92 Å². The Morgan fingerprint density at radius 1 is 1.50 bits per heavy atom. The molecule has 0 fully saturated rings. The topological polar surface area (TPSA) is 64.3 Å². The maximum Gasteiger partial charge on any atom is 0.224 e. The number of carbonyl (C=O) groups excluding carboxylic acids is 1. The molecule has 3 N–H and O–H groups in total. The van der Waals surface area contributed by atoms with Crippen molar-refractivity contribution in [2.45, 2.75) is 27.2 Å². The molecule has 0 radical (unpaired) electrons. The van der Waals surface area contributed by atoms with Crippen molar-refractivity contribution in [2.24, 2.45) is 5.73 Å². The predicted octanol–water partition coefficient (Wildman–Crippen LogP) is 1.07. The van der Waals surface area contributed by atoms with Crippen LogP contribution >= 0.6 is 12.2 Å². The molecule has 0 spiro atoms. The van der Waals surface area contributed by atoms with Crippen LogP contribution in [-0.2, 0) is 9.53 Å². The van der Waals surface area contributed by atoms with Crippen LogP contribution in [0.3, 0.4) is 0 Å². The lowest BCUT2D eigenvalue weighted by Gasteiger charge is -2.12. The fraction of sp³-hybridized carbons (Fsp3) is 0.556. The second-order valence-electron chi connectivity index (χ2n) is 2.68. The first-order valence-corrected chi connectivity index (χ1v) is 4.87. The molecule has 0 aliphatic heterocycles. The highest BCUT2D eigenvalue weighted by atomic mass is 32.1. The van der Waals surface area contributed by atoms with Gasteiger partial charge in [0, 0.05) is 12.1 Å². The molecule has 0 saturated carbocycles. The molecular formula is C9H16N2O2S. The highest BCUT2D eigenvalue weighted by Crippen LogP contribution is 2.01. The summed E-state index contributed by atoms with van der Waals surface area (Å²) in [6.45, 7) is 5.69. The molecule has 0 aromatic rings. The molecule has 0 bridgehead atoms. The monoisotopic (exact) mass is 216 g/mol. The van der Waals surface area contributed by atoms with E-state index in [0.29, 0.717) is 24.4 Å². The summed E-state index contributed by atoms with van der Waals surface area (Å²) < 4.78 is 5.09. The third-order valence-electron chi connectivity index (χ3n) is 1.46. The Hall–Kier alpha value is -1.10. The normalized spacial score (nSPS) is 11.6. The minimum Gasteiger partial charge on any atom is -0.482 e. The fourth-order valence-corrected chi connectivity index (χ4v) is 1.07. The van der Waals surface area contributed by atoms with Gasteiger partial charge in [-0.25, -0.2) is 0 Å². The first kappa shape index (κ1) is 12.9. The minimum atomic E-state index is -0.133. The number of nitrogens with two attached hydrogens (primary N) is 1. The average molecular weight is 216 g/mol. The first-order valence-electron chi connectivity index (χ1n) is 4.46. The van der Waals surface area contributed by atoms with Crippen molar-refractivity contribution in [1.29, 1.82) is 0 Å². The zero-order valence-electron chi connectivity index (χ0n) is 8.72. The molecule has 0 saturated heterocycles. The summed E-state index contributed by atoms with van der Waals surface area (Å²) in [5.74, 6) is -0.133. The van der Waals surface area contributed by atoms with E-state index in [1.165, 1.54) is 0 Å². The standard InChI is InChI=1S/C9H16N2O2S/c1-4-7(12)11-8(6(3)10)9(14)13-5-2/h4-5,10H2,1-3H3,(H,11,12). The Labute approximate surface area is 89.5 Å². The molecule has 80 valence electrons. The predicted molar refractivity (Wildman–Crippen MR) is 59.5 cm³/mol. The van der Waals surface area contributed by atoms with Crippen LogP contribution in [0.5, 0.6) is 0 Å². The van der Waals surface area contributed by atoms with Gasteiger partial charge in [-0.3, -0.25) is 4.79 Å². The summed E-state index contributed by atoms with van der Waals surface area (Å²) in [5.41, 5.74) is 6.41. The van der Waals surface area contributed by atoms with Crippen molar-refractivity contribution in [3.8, 4) is 0 Å². The zero-order chi connectivity index (χ0) is 11.1. The van der Waals surface area contributed by atoms with Gasteiger partial charge in [-0.1, -0.05) is 6.92 Å². The van der Waals surface area contributed by atoms with Gasteiger partial charge >= 0.3 is 0 Å². The van der Waals surface area contributed by atoms with Crippen LogP contribution in [0.4, 0.5) is 0 Å². The van der Waals surface area contributed by atoms with Gasteiger partial charge in [0.2, 0.25) is 11.0 Å². The van der Waals surface area contributed by atoms with E-state index in [-0.39, 0.29) is 11.0 Å². The average Bonchev–Trinajstić information content (AvgIpc) is 2.13. The van der Waals surface area contributed by atoms with Crippen molar-refractivity contribution in [3.05, 3.63) is 11.4 Å². The highest BCUT2D eigenvalue weighted by molar-refractivity contribution is 7.80. The van der Waals surface area contributed by atoms with Gasteiger partial charge in [0.15, 0.2) is 0 Å². The molecule has 0 aliphatic rings. The summed E-state index contributed by atoms with van der Waals surface area (Å²) >= 11 is 4.94. The molecule has 0 unspecified atom stereocenters. The number of allylic oxidation sites excluding steroid dienone is 1. The number of amides is 1. The molecule has 0 rings (SSSR count). The van der Waals surface area contributed by atoms with E-state index in [2.05, 4.69) is 5.32 Å². The van der Waals surface area contributed by atoms with Crippen LogP contribution in [0.15, 0.2) is 11.4 Å². The fourth-order valence-electron chi connectivity index (χ4n) is 0.742. The Balaban J connectivity index is 4.56. The number of rotatable bonds is 4. The molecule has 14 heavy (non-hydrogen) atoms. The maximum absolute atomic E-state index is 11.1. The van der Waals surface area contributed by atoms with E-state index in [1.54, 1.807) is 13.8 Å². The summed E-state index contributed by atoms with van der Waals surface area (Å²) in [7, 11) is 0. The van der Waals surface area contributed by atoms with Crippen LogP contribution in [-0.4, -0.2) is 17.6 Å². The Kier molecular flexibility index (Phi) is 5.87. The molecule has 0 aromatic carbocycles. The number of hydrogen-bond donors (Lipinski definition) is 2. The molecule has 0 heterocycles. The van der Waals surface area contributed by atoms with Gasteiger partial charge in [-0.2, -0.15) is 0 Å². The highest BCUT2D eigenvalue weighted by Gasteiger charge is 2.11. The van der Waals surface area contributed by atoms with E-state index in [9.17, 15) is 4.79 Å². The zero-order valence-corrected chi connectivity index (χ0v) is 9.53. The van der Waals surface area contributed by atoms with Crippen molar-refractivity contribution in [3.63, 3.8) is 0 Å². The van der Waals surface area contributed by atoms with Crippen molar-refractivity contribution < 1.29 is 9.53 Å². The number of carbonyl (C=O) groups is 1. The van der Waals surface area contributed by atoms with Gasteiger partial charge in [0.05, 0.1) is 6.61 Å². The SMILES string of the molecule is CCOC(=S)C(NC(=O)CC)=C(C)N. The molecule has 0 aliphatic carbocycles. The lowest BCUT2D eigenvalue weighted by atomic mass is 10.3. The van der Waals surface area contributed by atoms with Crippen LogP contribution in [0.1, 0.15) is 27.2 Å². The lowest BCUT2D eigenvalue weighted by molar-refractivity contribution is -0.120. The van der Waals surface area contributed by atoms with Crippen LogP contribution in [0.25, 0.3) is 0 Å². The Morgan fingerprint density at radius 3 is 2.43 bits per heavy atom. The van der Waals surface area contributed by atoms with Gasteiger partial charge in [-0.15, -0.1) is 0 Å². The summed E-state index contributed by atoms with van der Waals surface area (Å²) in [4.78, 5) is 11.1. The molecule has 5 heteroatoms. The van der Waals surface area contributed by atoms with Crippen LogP contribution in [0.2, 0.25) is 0 Å². The first-order chi connectivity index (χ1) is 6.52. The number of ether oxygens (including phenoxy) is 1. The molecule has 1 amide bonds. The molecule has 4 nitrogen and oxygen atoms in total. The van der Waals surface area contributed by atoms with E-state index in [4.69, 9.17) is 22.7 Å². The third-order valence-corrected chi connectivity index (χ3v) is 1.78. The number of thiocarbonyl (C=S) groups is 1. The molecule has 0 atom stereocenters. The van der Waals surface area contributed by atoms with Gasteiger partial charge in [0.25, 0.3) is 0 Å². The Bertz CT molecular complexity index is 258. The van der Waals surface area contributed by atoms with E-state index >= 15 is 0 Å². The second kappa shape index (κ2) is 6.37. The van der Waals surface area contributed by atoms with Gasteiger partial charge in [-0.05, 0) is 26.1 Å². The van der Waals surface area contributed by atoms with E-state index in [0.717, 1.165) is 0 Å². The van der Waals surface area contributed by atoms with Gasteiger partial charge < -0.3 is 15.8 Å².